The number of benzene rings is 1. The van der Waals surface area contributed by atoms with E-state index in [0.29, 0.717) is 0 Å². The largest absolute Gasteiger partial charge is 0.338 e. The fourth-order valence-electron chi connectivity index (χ4n) is 3.94. The van der Waals surface area contributed by atoms with E-state index < -0.39 is 0 Å². The fourth-order valence-corrected chi connectivity index (χ4v) is 3.94. The second-order valence-corrected chi connectivity index (χ2v) is 7.41. The number of likely N-dealkylation sites (tertiary alicyclic amines) is 1. The molecule has 144 valence electrons. The van der Waals surface area contributed by atoms with Gasteiger partial charge in [-0.2, -0.15) is 0 Å². The number of piperidine rings is 1. The smallest absolute Gasteiger partial charge is 0.253 e. The standard InChI is InChI=1S/C23H26N4O/c1-2-18-5-7-20(8-6-18)23(28)27-14-3-4-21(17-27)22-25-13-15-26(22)16-19-9-11-24-12-10-19/h5-13,15,21H,2-4,14,16-17H2,1H3. The van der Waals surface area contributed by atoms with E-state index in [1.807, 2.05) is 54.0 Å². The predicted octanol–water partition coefficient (Wildman–Crippen LogP) is 3.91. The summed E-state index contributed by atoms with van der Waals surface area (Å²) in [5.41, 5.74) is 3.23. The third kappa shape index (κ3) is 3.98. The number of nitrogens with zero attached hydrogens (tertiary/aromatic N) is 4. The molecule has 1 aromatic carbocycles. The lowest BCUT2D eigenvalue weighted by atomic mass is 9.96. The van der Waals surface area contributed by atoms with Crippen LogP contribution in [0, 0.1) is 0 Å². The molecule has 0 aliphatic carbocycles. The highest BCUT2D eigenvalue weighted by atomic mass is 16.2. The van der Waals surface area contributed by atoms with Crippen molar-refractivity contribution in [1.29, 1.82) is 0 Å². The Balaban J connectivity index is 1.48. The molecule has 3 aromatic rings. The van der Waals surface area contributed by atoms with E-state index >= 15 is 0 Å². The van der Waals surface area contributed by atoms with E-state index in [1.54, 1.807) is 0 Å². The molecule has 3 heterocycles. The zero-order chi connectivity index (χ0) is 19.3. The number of aromatic nitrogens is 3. The van der Waals surface area contributed by atoms with Gasteiger partial charge < -0.3 is 9.47 Å². The molecule has 1 amide bonds. The van der Waals surface area contributed by atoms with Gasteiger partial charge in [0.05, 0.1) is 0 Å². The van der Waals surface area contributed by atoms with Crippen molar-refractivity contribution in [3.63, 3.8) is 0 Å². The van der Waals surface area contributed by atoms with Crippen LogP contribution in [0.1, 0.15) is 53.0 Å². The van der Waals surface area contributed by atoms with Gasteiger partial charge in [-0.25, -0.2) is 4.98 Å². The summed E-state index contributed by atoms with van der Waals surface area (Å²) in [6.07, 6.45) is 10.6. The maximum atomic E-state index is 13.0. The lowest BCUT2D eigenvalue weighted by Gasteiger charge is -2.33. The van der Waals surface area contributed by atoms with Crippen molar-refractivity contribution in [2.75, 3.05) is 13.1 Å². The topological polar surface area (TPSA) is 51.0 Å². The molecule has 2 aromatic heterocycles. The van der Waals surface area contributed by atoms with Gasteiger partial charge in [0.15, 0.2) is 0 Å². The molecule has 0 bridgehead atoms. The maximum Gasteiger partial charge on any atom is 0.253 e. The second kappa shape index (κ2) is 8.38. The molecule has 1 atom stereocenters. The SMILES string of the molecule is CCc1ccc(C(=O)N2CCCC(c3nccn3Cc3ccncc3)C2)cc1. The van der Waals surface area contributed by atoms with Crippen molar-refractivity contribution >= 4 is 5.91 Å². The Kier molecular flexibility index (Phi) is 5.51. The Hall–Kier alpha value is -2.95. The van der Waals surface area contributed by atoms with Crippen LogP contribution in [-0.4, -0.2) is 38.4 Å². The minimum absolute atomic E-state index is 0.125. The van der Waals surface area contributed by atoms with Gasteiger partial charge in [-0.3, -0.25) is 9.78 Å². The van der Waals surface area contributed by atoms with Gasteiger partial charge in [0.25, 0.3) is 5.91 Å². The second-order valence-electron chi connectivity index (χ2n) is 7.41. The van der Waals surface area contributed by atoms with Gasteiger partial charge >= 0.3 is 0 Å². The molecule has 1 aliphatic rings. The van der Waals surface area contributed by atoms with E-state index in [2.05, 4.69) is 33.6 Å². The number of pyridine rings is 1. The quantitative estimate of drug-likeness (QED) is 0.680. The first-order chi connectivity index (χ1) is 13.7. The number of carbonyl (C=O) groups excluding carboxylic acids is 1. The van der Waals surface area contributed by atoms with E-state index in [-0.39, 0.29) is 11.8 Å². The lowest BCUT2D eigenvalue weighted by Crippen LogP contribution is -2.39. The Labute approximate surface area is 166 Å². The van der Waals surface area contributed by atoms with Gasteiger partial charge in [-0.1, -0.05) is 19.1 Å². The molecule has 5 nitrogen and oxygen atoms in total. The van der Waals surface area contributed by atoms with Crippen molar-refractivity contribution in [2.24, 2.45) is 0 Å². The van der Waals surface area contributed by atoms with Crippen LogP contribution in [0.3, 0.4) is 0 Å². The molecule has 0 saturated carbocycles. The highest BCUT2D eigenvalue weighted by Crippen LogP contribution is 2.27. The molecule has 0 spiro atoms. The Morgan fingerprint density at radius 1 is 1.07 bits per heavy atom. The third-order valence-electron chi connectivity index (χ3n) is 5.53. The van der Waals surface area contributed by atoms with Gasteiger partial charge in [-0.15, -0.1) is 0 Å². The van der Waals surface area contributed by atoms with E-state index in [9.17, 15) is 4.79 Å². The Morgan fingerprint density at radius 2 is 1.86 bits per heavy atom. The van der Waals surface area contributed by atoms with Crippen molar-refractivity contribution in [3.05, 3.63) is 83.7 Å². The zero-order valence-electron chi connectivity index (χ0n) is 16.3. The molecular weight excluding hydrogens is 348 g/mol. The molecule has 4 rings (SSSR count). The first-order valence-electron chi connectivity index (χ1n) is 10.0. The maximum absolute atomic E-state index is 13.0. The lowest BCUT2D eigenvalue weighted by molar-refractivity contribution is 0.0703. The minimum atomic E-state index is 0.125. The fraction of sp³-hybridized carbons (Fsp3) is 0.348. The van der Waals surface area contributed by atoms with Crippen LogP contribution in [0.4, 0.5) is 0 Å². The minimum Gasteiger partial charge on any atom is -0.338 e. The summed E-state index contributed by atoms with van der Waals surface area (Å²) < 4.78 is 2.20. The zero-order valence-corrected chi connectivity index (χ0v) is 16.3. The summed E-state index contributed by atoms with van der Waals surface area (Å²) in [4.78, 5) is 23.7. The average molecular weight is 374 g/mol. The molecule has 1 saturated heterocycles. The van der Waals surface area contributed by atoms with Crippen LogP contribution >= 0.6 is 0 Å². The van der Waals surface area contributed by atoms with E-state index in [1.165, 1.54) is 11.1 Å². The van der Waals surface area contributed by atoms with Gasteiger partial charge in [0.2, 0.25) is 0 Å². The Bertz CT molecular complexity index is 917. The monoisotopic (exact) mass is 374 g/mol. The normalized spacial score (nSPS) is 16.9. The van der Waals surface area contributed by atoms with Crippen molar-refractivity contribution in [2.45, 2.75) is 38.6 Å². The van der Waals surface area contributed by atoms with Crippen molar-refractivity contribution in [3.8, 4) is 0 Å². The number of amides is 1. The van der Waals surface area contributed by atoms with Crippen LogP contribution in [0.5, 0.6) is 0 Å². The summed E-state index contributed by atoms with van der Waals surface area (Å²) in [6, 6.07) is 12.1. The number of carbonyl (C=O) groups is 1. The molecule has 1 unspecified atom stereocenters. The van der Waals surface area contributed by atoms with Crippen LogP contribution in [0.25, 0.3) is 0 Å². The van der Waals surface area contributed by atoms with Gasteiger partial charge in [0.1, 0.15) is 5.82 Å². The first-order valence-corrected chi connectivity index (χ1v) is 10.0. The summed E-state index contributed by atoms with van der Waals surface area (Å²) in [5.74, 6) is 1.46. The van der Waals surface area contributed by atoms with Crippen LogP contribution in [0.15, 0.2) is 61.2 Å². The highest BCUT2D eigenvalue weighted by Gasteiger charge is 2.28. The number of hydrogen-bond acceptors (Lipinski definition) is 3. The van der Waals surface area contributed by atoms with E-state index in [4.69, 9.17) is 0 Å². The number of aryl methyl sites for hydroxylation is 1. The summed E-state index contributed by atoms with van der Waals surface area (Å²) in [5, 5.41) is 0. The first kappa shape index (κ1) is 18.4. The molecule has 5 heteroatoms. The van der Waals surface area contributed by atoms with Crippen molar-refractivity contribution in [1.82, 2.24) is 19.4 Å². The molecule has 28 heavy (non-hydrogen) atoms. The summed E-state index contributed by atoms with van der Waals surface area (Å²) in [6.45, 7) is 4.44. The molecule has 1 fully saturated rings. The summed E-state index contributed by atoms with van der Waals surface area (Å²) in [7, 11) is 0. The average Bonchev–Trinajstić information content (AvgIpc) is 3.22. The van der Waals surface area contributed by atoms with Crippen LogP contribution in [0.2, 0.25) is 0 Å². The molecule has 0 radical (unpaired) electrons. The third-order valence-corrected chi connectivity index (χ3v) is 5.53. The van der Waals surface area contributed by atoms with Crippen LogP contribution < -0.4 is 0 Å². The number of imidazole rings is 1. The summed E-state index contributed by atoms with van der Waals surface area (Å²) >= 11 is 0. The number of rotatable bonds is 5. The van der Waals surface area contributed by atoms with E-state index in [0.717, 1.165) is 50.3 Å². The molecule has 0 N–H and O–H groups in total. The van der Waals surface area contributed by atoms with Gasteiger partial charge in [0, 0.05) is 55.9 Å². The predicted molar refractivity (Wildman–Crippen MR) is 109 cm³/mol. The van der Waals surface area contributed by atoms with Gasteiger partial charge in [-0.05, 0) is 54.7 Å². The highest BCUT2D eigenvalue weighted by molar-refractivity contribution is 5.94. The molecular formula is C23H26N4O. The molecule has 1 aliphatic heterocycles. The van der Waals surface area contributed by atoms with Crippen LogP contribution in [-0.2, 0) is 13.0 Å². The number of hydrogen-bond donors (Lipinski definition) is 0. The Morgan fingerprint density at radius 3 is 2.61 bits per heavy atom. The van der Waals surface area contributed by atoms with Crippen molar-refractivity contribution < 1.29 is 4.79 Å².